The van der Waals surface area contributed by atoms with E-state index in [1.54, 1.807) is 12.1 Å². The van der Waals surface area contributed by atoms with E-state index in [0.717, 1.165) is 16.1 Å². The van der Waals surface area contributed by atoms with Crippen molar-refractivity contribution in [3.8, 4) is 5.75 Å². The van der Waals surface area contributed by atoms with Crippen LogP contribution >= 0.6 is 15.9 Å². The molecule has 18 heavy (non-hydrogen) atoms. The molecule has 0 saturated carbocycles. The highest BCUT2D eigenvalue weighted by Crippen LogP contribution is 2.34. The largest absolute Gasteiger partial charge is 0.493 e. The van der Waals surface area contributed by atoms with Crippen LogP contribution in [0.2, 0.25) is 0 Å². The number of benzene rings is 1. The van der Waals surface area contributed by atoms with E-state index >= 15 is 0 Å². The minimum Gasteiger partial charge on any atom is -0.493 e. The summed E-state index contributed by atoms with van der Waals surface area (Å²) in [4.78, 5) is 0. The van der Waals surface area contributed by atoms with E-state index < -0.39 is 10.1 Å². The second-order valence-electron chi connectivity index (χ2n) is 3.67. The third kappa shape index (κ3) is 2.85. The summed E-state index contributed by atoms with van der Waals surface area (Å²) in [6, 6.07) is 5.31. The summed E-state index contributed by atoms with van der Waals surface area (Å²) < 4.78 is 38.0. The molecule has 0 aliphatic heterocycles. The van der Waals surface area contributed by atoms with Gasteiger partial charge in [0, 0.05) is 9.86 Å². The van der Waals surface area contributed by atoms with Crippen LogP contribution in [0.4, 0.5) is 0 Å². The third-order valence-electron chi connectivity index (χ3n) is 2.28. The molecule has 98 valence electrons. The van der Waals surface area contributed by atoms with Gasteiger partial charge in [-0.2, -0.15) is 8.42 Å². The fraction of sp³-hybridized carbons (Fsp3) is 0.273. The summed E-state index contributed by atoms with van der Waals surface area (Å²) >= 11 is 3.39. The Hall–Kier alpha value is -1.05. The average Bonchev–Trinajstić information content (AvgIpc) is 2.71. The van der Waals surface area contributed by atoms with E-state index in [4.69, 9.17) is 9.15 Å². The van der Waals surface area contributed by atoms with Gasteiger partial charge >= 0.3 is 0 Å². The Bertz CT molecular complexity index is 674. The molecule has 1 aromatic heterocycles. The van der Waals surface area contributed by atoms with Gasteiger partial charge in [-0.25, -0.2) is 0 Å². The summed E-state index contributed by atoms with van der Waals surface area (Å²) in [5, 5.41) is 0.807. The first-order valence-electron chi connectivity index (χ1n) is 5.00. The predicted octanol–water partition coefficient (Wildman–Crippen LogP) is 2.68. The fourth-order valence-electron chi connectivity index (χ4n) is 1.51. The first kappa shape index (κ1) is 13.4. The van der Waals surface area contributed by atoms with Crippen LogP contribution in [-0.2, 0) is 20.9 Å². The molecule has 0 atom stereocenters. The van der Waals surface area contributed by atoms with Gasteiger partial charge in [0.1, 0.15) is 12.4 Å². The van der Waals surface area contributed by atoms with Crippen molar-refractivity contribution in [2.45, 2.75) is 6.61 Å². The van der Waals surface area contributed by atoms with E-state index in [1.165, 1.54) is 7.11 Å². The van der Waals surface area contributed by atoms with Crippen molar-refractivity contribution in [1.29, 1.82) is 0 Å². The first-order chi connectivity index (χ1) is 8.40. The van der Waals surface area contributed by atoms with Gasteiger partial charge in [-0.1, -0.05) is 15.9 Å². The Kier molecular flexibility index (Phi) is 3.65. The number of methoxy groups -OCH3 is 1. The van der Waals surface area contributed by atoms with Gasteiger partial charge in [0.05, 0.1) is 13.4 Å². The monoisotopic (exact) mass is 334 g/mol. The Morgan fingerprint density at radius 1 is 1.39 bits per heavy atom. The molecular formula is C11H11BrO5S. The minimum absolute atomic E-state index is 0.136. The van der Waals surface area contributed by atoms with Crippen molar-refractivity contribution in [3.05, 3.63) is 28.4 Å². The SMILES string of the molecule is COc1ccc(Br)c2cc(COS(C)(=O)=O)oc12. The molecule has 0 N–H and O–H groups in total. The molecule has 0 aliphatic rings. The third-order valence-corrected chi connectivity index (χ3v) is 3.52. The molecule has 0 fully saturated rings. The Balaban J connectivity index is 2.40. The topological polar surface area (TPSA) is 65.7 Å². The molecule has 1 aromatic carbocycles. The van der Waals surface area contributed by atoms with Gasteiger partial charge in [0.25, 0.3) is 10.1 Å². The maximum atomic E-state index is 10.9. The van der Waals surface area contributed by atoms with Crippen molar-refractivity contribution in [1.82, 2.24) is 0 Å². The zero-order chi connectivity index (χ0) is 13.3. The molecule has 0 radical (unpaired) electrons. The van der Waals surface area contributed by atoms with Crippen LogP contribution < -0.4 is 4.74 Å². The average molecular weight is 335 g/mol. The molecule has 0 spiro atoms. The molecule has 2 aromatic rings. The standard InChI is InChI=1S/C11H11BrO5S/c1-15-10-4-3-9(12)8-5-7(17-11(8)10)6-16-18(2,13)14/h3-5H,6H2,1-2H3. The molecule has 0 unspecified atom stereocenters. The van der Waals surface area contributed by atoms with Crippen molar-refractivity contribution in [3.63, 3.8) is 0 Å². The van der Waals surface area contributed by atoms with Gasteiger partial charge in [-0.15, -0.1) is 0 Å². The number of furan rings is 1. The molecule has 0 bridgehead atoms. The first-order valence-corrected chi connectivity index (χ1v) is 7.61. The Labute approximate surface area is 113 Å². The number of ether oxygens (including phenoxy) is 1. The molecule has 0 aliphatic carbocycles. The van der Waals surface area contributed by atoms with Crippen LogP contribution in [0.1, 0.15) is 5.76 Å². The smallest absolute Gasteiger partial charge is 0.264 e. The van der Waals surface area contributed by atoms with Crippen LogP contribution in [0.15, 0.2) is 27.1 Å². The van der Waals surface area contributed by atoms with Crippen molar-refractivity contribution < 1.29 is 21.8 Å². The van der Waals surface area contributed by atoms with Gasteiger partial charge < -0.3 is 9.15 Å². The summed E-state index contributed by atoms with van der Waals surface area (Å²) in [5.74, 6) is 0.999. The number of hydrogen-bond donors (Lipinski definition) is 0. The quantitative estimate of drug-likeness (QED) is 0.804. The van der Waals surface area contributed by atoms with E-state index in [2.05, 4.69) is 20.1 Å². The molecule has 2 rings (SSSR count). The number of fused-ring (bicyclic) bond motifs is 1. The lowest BCUT2D eigenvalue weighted by atomic mass is 10.2. The second-order valence-corrected chi connectivity index (χ2v) is 6.17. The zero-order valence-corrected chi connectivity index (χ0v) is 12.2. The van der Waals surface area contributed by atoms with Crippen molar-refractivity contribution >= 4 is 37.0 Å². The van der Waals surface area contributed by atoms with Gasteiger partial charge in [-0.05, 0) is 18.2 Å². The summed E-state index contributed by atoms with van der Waals surface area (Å²) in [7, 11) is -1.95. The van der Waals surface area contributed by atoms with E-state index in [9.17, 15) is 8.42 Å². The maximum absolute atomic E-state index is 10.9. The molecule has 0 amide bonds. The normalized spacial score (nSPS) is 11.9. The van der Waals surface area contributed by atoms with Crippen LogP contribution in [0, 0.1) is 0 Å². The van der Waals surface area contributed by atoms with Crippen LogP contribution in [0.5, 0.6) is 5.75 Å². The van der Waals surface area contributed by atoms with Gasteiger partial charge in [0.2, 0.25) is 0 Å². The fourth-order valence-corrected chi connectivity index (χ4v) is 2.27. The van der Waals surface area contributed by atoms with Gasteiger partial charge in [-0.3, -0.25) is 4.18 Å². The summed E-state index contributed by atoms with van der Waals surface area (Å²) in [6.07, 6.45) is 0.992. The maximum Gasteiger partial charge on any atom is 0.264 e. The molecule has 0 saturated heterocycles. The molecule has 5 nitrogen and oxygen atoms in total. The molecule has 1 heterocycles. The highest BCUT2D eigenvalue weighted by molar-refractivity contribution is 9.10. The molecular weight excluding hydrogens is 324 g/mol. The van der Waals surface area contributed by atoms with E-state index in [1.807, 2.05) is 6.07 Å². The number of hydrogen-bond acceptors (Lipinski definition) is 5. The van der Waals surface area contributed by atoms with E-state index in [0.29, 0.717) is 17.1 Å². The van der Waals surface area contributed by atoms with Crippen LogP contribution in [-0.4, -0.2) is 21.8 Å². The second kappa shape index (κ2) is 4.91. The summed E-state index contributed by atoms with van der Waals surface area (Å²) in [5.41, 5.74) is 0.555. The van der Waals surface area contributed by atoms with Crippen LogP contribution in [0.3, 0.4) is 0 Å². The van der Waals surface area contributed by atoms with Crippen molar-refractivity contribution in [2.24, 2.45) is 0 Å². The predicted molar refractivity (Wildman–Crippen MR) is 70.1 cm³/mol. The zero-order valence-electron chi connectivity index (χ0n) is 9.77. The lowest BCUT2D eigenvalue weighted by molar-refractivity contribution is 0.280. The minimum atomic E-state index is -3.49. The highest BCUT2D eigenvalue weighted by Gasteiger charge is 2.13. The number of halogens is 1. The van der Waals surface area contributed by atoms with E-state index in [-0.39, 0.29) is 6.61 Å². The molecule has 7 heteroatoms. The Morgan fingerprint density at radius 3 is 2.72 bits per heavy atom. The van der Waals surface area contributed by atoms with Crippen molar-refractivity contribution in [2.75, 3.05) is 13.4 Å². The lowest BCUT2D eigenvalue weighted by Crippen LogP contribution is -2.01. The van der Waals surface area contributed by atoms with Crippen LogP contribution in [0.25, 0.3) is 11.0 Å². The van der Waals surface area contributed by atoms with Gasteiger partial charge in [0.15, 0.2) is 11.3 Å². The summed E-state index contributed by atoms with van der Waals surface area (Å²) in [6.45, 7) is -0.136. The Morgan fingerprint density at radius 2 is 2.11 bits per heavy atom. The highest BCUT2D eigenvalue weighted by atomic mass is 79.9. The number of rotatable bonds is 4. The lowest BCUT2D eigenvalue weighted by Gasteiger charge is -2.00.